The fourth-order valence-corrected chi connectivity index (χ4v) is 9.69. The van der Waals surface area contributed by atoms with E-state index in [1.165, 1.54) is 225 Å². The number of unbranched alkanes of at least 4 members (excludes halogenated alkanes) is 37. The van der Waals surface area contributed by atoms with Crippen molar-refractivity contribution in [1.82, 2.24) is 5.32 Å². The molecule has 0 rings (SSSR count). The van der Waals surface area contributed by atoms with E-state index < -0.39 is 20.0 Å². The van der Waals surface area contributed by atoms with Crippen molar-refractivity contribution in [3.8, 4) is 0 Å². The van der Waals surface area contributed by atoms with E-state index in [4.69, 9.17) is 9.05 Å². The van der Waals surface area contributed by atoms with Gasteiger partial charge in [-0.25, -0.2) is 4.57 Å². The fraction of sp³-hybridized carbons (Fsp3) is 0.855. The molecule has 3 N–H and O–H groups in total. The summed E-state index contributed by atoms with van der Waals surface area (Å²) >= 11 is 0. The highest BCUT2D eigenvalue weighted by atomic mass is 31.2. The highest BCUT2D eigenvalue weighted by molar-refractivity contribution is 7.47. The highest BCUT2D eigenvalue weighted by Gasteiger charge is 2.27. The van der Waals surface area contributed by atoms with Crippen LogP contribution in [0.15, 0.2) is 48.6 Å². The Morgan fingerprint density at radius 1 is 0.465 bits per heavy atom. The number of likely N-dealkylation sites (N-methyl/N-ethyl adjacent to an activating group) is 1. The second-order valence-corrected chi connectivity index (χ2v) is 23.5. The van der Waals surface area contributed by atoms with Crippen LogP contribution in [-0.2, 0) is 18.4 Å². The average molecular weight is 1020 g/mol. The summed E-state index contributed by atoms with van der Waals surface area (Å²) in [6.07, 6.45) is 70.9. The van der Waals surface area contributed by atoms with Gasteiger partial charge in [0.2, 0.25) is 5.91 Å². The minimum Gasteiger partial charge on any atom is -0.387 e. The number of hydrogen-bond acceptors (Lipinski definition) is 5. The Morgan fingerprint density at radius 3 is 1.13 bits per heavy atom. The second-order valence-electron chi connectivity index (χ2n) is 22.1. The zero-order chi connectivity index (χ0) is 52.0. The molecule has 0 aliphatic rings. The van der Waals surface area contributed by atoms with Gasteiger partial charge in [0.1, 0.15) is 13.2 Å². The number of nitrogens with zero attached hydrogens (tertiary/aromatic N) is 1. The van der Waals surface area contributed by atoms with E-state index >= 15 is 0 Å². The first-order valence-electron chi connectivity index (χ1n) is 30.5. The number of rotatable bonds is 56. The number of phosphoric ester groups is 1. The van der Waals surface area contributed by atoms with Gasteiger partial charge in [0.15, 0.2) is 0 Å². The van der Waals surface area contributed by atoms with E-state index in [9.17, 15) is 19.4 Å². The number of carbonyl (C=O) groups excluding carboxylic acids is 1. The van der Waals surface area contributed by atoms with Crippen LogP contribution < -0.4 is 5.32 Å². The Morgan fingerprint density at radius 2 is 0.775 bits per heavy atom. The summed E-state index contributed by atoms with van der Waals surface area (Å²) in [5, 5.41) is 13.9. The summed E-state index contributed by atoms with van der Waals surface area (Å²) in [6.45, 7) is 4.82. The summed E-state index contributed by atoms with van der Waals surface area (Å²) in [6, 6.07) is -0.870. The quantitative estimate of drug-likeness (QED) is 0.0243. The van der Waals surface area contributed by atoms with Gasteiger partial charge in [-0.1, -0.05) is 262 Å². The predicted molar refractivity (Wildman–Crippen MR) is 309 cm³/mol. The molecular formula is C62H120N2O6P+. The number of nitrogens with one attached hydrogen (secondary N) is 1. The van der Waals surface area contributed by atoms with Crippen LogP contribution in [0.1, 0.15) is 290 Å². The van der Waals surface area contributed by atoms with Gasteiger partial charge in [-0.15, -0.1) is 0 Å². The molecule has 0 aliphatic heterocycles. The average Bonchev–Trinajstić information content (AvgIpc) is 3.33. The minimum absolute atomic E-state index is 0.0536. The summed E-state index contributed by atoms with van der Waals surface area (Å²) in [4.78, 5) is 23.3. The standard InChI is InChI=1S/C62H119N2O6P/c1-6-8-10-12-14-16-18-20-22-24-26-27-28-29-30-31-32-33-34-35-36-38-40-42-44-46-48-50-52-54-56-62(66)63-60(59-70-71(67,68)69-58-57-64(3,4)5)61(65)55-53-51-49-47-45-43-41-39-37-25-23-21-19-17-15-13-11-9-7-2/h29-30,37,39,45,47,53,55,60-61,65H,6-28,31-36,38,40-44,46,48-52,54,56-59H2,1-5H3,(H-,63,66,67,68)/p+1/b30-29-,39-37+,47-45+,55-53+. The largest absolute Gasteiger partial charge is 0.472 e. The highest BCUT2D eigenvalue weighted by Crippen LogP contribution is 2.43. The number of allylic oxidation sites excluding steroid dienone is 7. The normalized spacial score (nSPS) is 14.2. The summed E-state index contributed by atoms with van der Waals surface area (Å²) in [5.74, 6) is -0.188. The van der Waals surface area contributed by atoms with Crippen molar-refractivity contribution in [1.29, 1.82) is 0 Å². The van der Waals surface area contributed by atoms with Crippen LogP contribution in [0.5, 0.6) is 0 Å². The lowest BCUT2D eigenvalue weighted by atomic mass is 10.0. The molecule has 0 heterocycles. The molecule has 0 aromatic carbocycles. The zero-order valence-electron chi connectivity index (χ0n) is 47.7. The molecule has 71 heavy (non-hydrogen) atoms. The topological polar surface area (TPSA) is 105 Å². The van der Waals surface area contributed by atoms with Crippen molar-refractivity contribution in [2.75, 3.05) is 40.9 Å². The van der Waals surface area contributed by atoms with E-state index in [1.54, 1.807) is 6.08 Å². The number of quaternary nitrogens is 1. The third-order valence-electron chi connectivity index (χ3n) is 13.7. The second kappa shape index (κ2) is 53.3. The lowest BCUT2D eigenvalue weighted by molar-refractivity contribution is -0.870. The van der Waals surface area contributed by atoms with Crippen LogP contribution in [0, 0.1) is 0 Å². The third kappa shape index (κ3) is 56.0. The van der Waals surface area contributed by atoms with Crippen LogP contribution >= 0.6 is 7.82 Å². The maximum absolute atomic E-state index is 13.0. The van der Waals surface area contributed by atoms with Gasteiger partial charge >= 0.3 is 7.82 Å². The maximum atomic E-state index is 13.0. The van der Waals surface area contributed by atoms with Crippen LogP contribution in [0.4, 0.5) is 0 Å². The molecule has 9 heteroatoms. The summed E-state index contributed by atoms with van der Waals surface area (Å²) in [7, 11) is 1.55. The van der Waals surface area contributed by atoms with E-state index in [2.05, 4.69) is 55.6 Å². The van der Waals surface area contributed by atoms with Crippen LogP contribution in [0.25, 0.3) is 0 Å². The monoisotopic (exact) mass is 1020 g/mol. The summed E-state index contributed by atoms with van der Waals surface area (Å²) < 4.78 is 23.7. The Balaban J connectivity index is 4.15. The number of carbonyl (C=O) groups is 1. The number of amides is 1. The van der Waals surface area contributed by atoms with Gasteiger partial charge in [-0.05, 0) is 70.6 Å². The molecule has 0 aliphatic carbocycles. The minimum atomic E-state index is -4.36. The molecule has 1 amide bonds. The van der Waals surface area contributed by atoms with Gasteiger partial charge in [0.05, 0.1) is 39.9 Å². The number of aliphatic hydroxyl groups excluding tert-OH is 1. The molecule has 3 atom stereocenters. The molecule has 0 spiro atoms. The van der Waals surface area contributed by atoms with Crippen molar-refractivity contribution in [2.24, 2.45) is 0 Å². The van der Waals surface area contributed by atoms with E-state index in [0.717, 1.165) is 44.9 Å². The van der Waals surface area contributed by atoms with E-state index in [0.29, 0.717) is 17.4 Å². The number of phosphoric acid groups is 1. The molecule has 8 nitrogen and oxygen atoms in total. The molecule has 0 saturated carbocycles. The molecule has 3 unspecified atom stereocenters. The van der Waals surface area contributed by atoms with Crippen LogP contribution in [0.3, 0.4) is 0 Å². The van der Waals surface area contributed by atoms with E-state index in [1.807, 2.05) is 27.2 Å². The molecule has 0 radical (unpaired) electrons. The van der Waals surface area contributed by atoms with Gasteiger partial charge < -0.3 is 19.8 Å². The van der Waals surface area contributed by atoms with Crippen LogP contribution in [-0.4, -0.2) is 73.4 Å². The molecule has 418 valence electrons. The molecule has 0 saturated heterocycles. The van der Waals surface area contributed by atoms with Crippen molar-refractivity contribution in [2.45, 2.75) is 302 Å². The molecule has 0 bridgehead atoms. The molecule has 0 aromatic heterocycles. The Bertz CT molecular complexity index is 1290. The fourth-order valence-electron chi connectivity index (χ4n) is 8.95. The summed E-state index contributed by atoms with van der Waals surface area (Å²) in [5.41, 5.74) is 0. The Labute approximate surface area is 441 Å². The Kier molecular flexibility index (Phi) is 52.1. The predicted octanol–water partition coefficient (Wildman–Crippen LogP) is 18.7. The lowest BCUT2D eigenvalue weighted by Crippen LogP contribution is -2.45. The Hall–Kier alpha value is -1.54. The molecular weight excluding hydrogens is 900 g/mol. The van der Waals surface area contributed by atoms with Crippen molar-refractivity contribution >= 4 is 13.7 Å². The van der Waals surface area contributed by atoms with Gasteiger partial charge in [0, 0.05) is 6.42 Å². The van der Waals surface area contributed by atoms with Crippen molar-refractivity contribution < 1.29 is 32.9 Å². The SMILES string of the molecule is CCCCCCCCCCC/C=C/CC/C=C/CC/C=C/C(O)C(COP(=O)(O)OCC[N+](C)(C)C)NC(=O)CCCCCCCCCCCCCCCC/C=C\CCCCCCCCCCCCCC. The lowest BCUT2D eigenvalue weighted by Gasteiger charge is -2.25. The molecule has 0 fully saturated rings. The first-order valence-corrected chi connectivity index (χ1v) is 32.0. The number of hydrogen-bond donors (Lipinski definition) is 3. The third-order valence-corrected chi connectivity index (χ3v) is 14.7. The van der Waals surface area contributed by atoms with Gasteiger partial charge in [-0.2, -0.15) is 0 Å². The van der Waals surface area contributed by atoms with Crippen molar-refractivity contribution in [3.05, 3.63) is 48.6 Å². The number of aliphatic hydroxyl groups is 1. The molecule has 0 aromatic rings. The van der Waals surface area contributed by atoms with E-state index in [-0.39, 0.29) is 19.1 Å². The smallest absolute Gasteiger partial charge is 0.387 e. The first-order chi connectivity index (χ1) is 34.5. The maximum Gasteiger partial charge on any atom is 0.472 e. The van der Waals surface area contributed by atoms with Gasteiger partial charge in [0.25, 0.3) is 0 Å². The van der Waals surface area contributed by atoms with Crippen molar-refractivity contribution in [3.63, 3.8) is 0 Å². The van der Waals surface area contributed by atoms with Crippen LogP contribution in [0.2, 0.25) is 0 Å². The first kappa shape index (κ1) is 69.5. The van der Waals surface area contributed by atoms with Gasteiger partial charge in [-0.3, -0.25) is 13.8 Å². The zero-order valence-corrected chi connectivity index (χ0v) is 48.6.